The summed E-state index contributed by atoms with van der Waals surface area (Å²) in [6.45, 7) is 5.53. The number of fused-ring (bicyclic) bond motifs is 1. The molecule has 16 heavy (non-hydrogen) atoms. The average Bonchev–Trinajstić information content (AvgIpc) is 2.73. The first-order valence-electron chi connectivity index (χ1n) is 5.38. The van der Waals surface area contributed by atoms with Crippen LogP contribution in [0.4, 0.5) is 5.82 Å². The predicted molar refractivity (Wildman–Crippen MR) is 65.2 cm³/mol. The van der Waals surface area contributed by atoms with Gasteiger partial charge < -0.3 is 9.64 Å². The van der Waals surface area contributed by atoms with Crippen LogP contribution in [-0.4, -0.2) is 36.3 Å². The smallest absolute Gasteiger partial charge is 0.141 e. The van der Waals surface area contributed by atoms with Gasteiger partial charge in [-0.3, -0.25) is 0 Å². The fourth-order valence-corrected chi connectivity index (χ4v) is 2.90. The third-order valence-electron chi connectivity index (χ3n) is 2.84. The highest BCUT2D eigenvalue weighted by Crippen LogP contribution is 2.30. The molecule has 5 heteroatoms. The Labute approximate surface area is 97.9 Å². The molecule has 3 heterocycles. The van der Waals surface area contributed by atoms with Crippen LogP contribution in [0.5, 0.6) is 0 Å². The maximum atomic E-state index is 5.36. The minimum Gasteiger partial charge on any atom is -0.378 e. The maximum Gasteiger partial charge on any atom is 0.141 e. The second-order valence-corrected chi connectivity index (χ2v) is 4.75. The molecule has 1 aliphatic rings. The van der Waals surface area contributed by atoms with Gasteiger partial charge in [-0.25, -0.2) is 9.97 Å². The standard InChI is InChI=1S/C11H13N3OS/c1-8-6-16-11-9(8)10(12-7-13-11)14-2-4-15-5-3-14/h6-7H,2-5H2,1H3. The average molecular weight is 235 g/mol. The number of ether oxygens (including phenoxy) is 1. The molecule has 0 aliphatic carbocycles. The monoisotopic (exact) mass is 235 g/mol. The molecule has 2 aromatic heterocycles. The minimum absolute atomic E-state index is 0.786. The summed E-state index contributed by atoms with van der Waals surface area (Å²) in [7, 11) is 0. The van der Waals surface area contributed by atoms with Crippen molar-refractivity contribution in [2.24, 2.45) is 0 Å². The first-order chi connectivity index (χ1) is 7.86. The fourth-order valence-electron chi connectivity index (χ4n) is 2.01. The van der Waals surface area contributed by atoms with Crippen molar-refractivity contribution >= 4 is 27.4 Å². The van der Waals surface area contributed by atoms with E-state index >= 15 is 0 Å². The number of rotatable bonds is 1. The van der Waals surface area contributed by atoms with Gasteiger partial charge in [-0.15, -0.1) is 11.3 Å². The molecule has 0 spiro atoms. The van der Waals surface area contributed by atoms with Crippen molar-refractivity contribution < 1.29 is 4.74 Å². The molecule has 0 aromatic carbocycles. The van der Waals surface area contributed by atoms with Gasteiger partial charge in [0.2, 0.25) is 0 Å². The van der Waals surface area contributed by atoms with E-state index in [0.717, 1.165) is 37.0 Å². The van der Waals surface area contributed by atoms with Crippen LogP contribution in [0.1, 0.15) is 5.56 Å². The van der Waals surface area contributed by atoms with E-state index in [1.807, 2.05) is 0 Å². The molecule has 0 amide bonds. The van der Waals surface area contributed by atoms with E-state index in [0.29, 0.717) is 0 Å². The molecule has 1 saturated heterocycles. The summed E-state index contributed by atoms with van der Waals surface area (Å²) in [5.74, 6) is 1.06. The second-order valence-electron chi connectivity index (χ2n) is 3.90. The first kappa shape index (κ1) is 9.99. The van der Waals surface area contributed by atoms with Crippen molar-refractivity contribution in [1.82, 2.24) is 9.97 Å². The summed E-state index contributed by atoms with van der Waals surface area (Å²) in [5, 5.41) is 3.35. The summed E-state index contributed by atoms with van der Waals surface area (Å²) >= 11 is 1.68. The van der Waals surface area contributed by atoms with Gasteiger partial charge in [-0.2, -0.15) is 0 Å². The molecule has 0 atom stereocenters. The van der Waals surface area contributed by atoms with E-state index in [1.54, 1.807) is 17.7 Å². The van der Waals surface area contributed by atoms with E-state index in [9.17, 15) is 0 Å². The zero-order valence-corrected chi connectivity index (χ0v) is 9.96. The maximum absolute atomic E-state index is 5.36. The first-order valence-corrected chi connectivity index (χ1v) is 6.26. The Morgan fingerprint density at radius 2 is 2.12 bits per heavy atom. The number of hydrogen-bond donors (Lipinski definition) is 0. The van der Waals surface area contributed by atoms with Crippen molar-refractivity contribution in [3.05, 3.63) is 17.3 Å². The number of thiophene rings is 1. The van der Waals surface area contributed by atoms with Crippen LogP contribution in [0.25, 0.3) is 10.2 Å². The minimum atomic E-state index is 0.786. The lowest BCUT2D eigenvalue weighted by molar-refractivity contribution is 0.122. The van der Waals surface area contributed by atoms with Gasteiger partial charge in [0.1, 0.15) is 17.0 Å². The van der Waals surface area contributed by atoms with E-state index in [2.05, 4.69) is 27.2 Å². The summed E-state index contributed by atoms with van der Waals surface area (Å²) in [6, 6.07) is 0. The molecule has 0 unspecified atom stereocenters. The third kappa shape index (κ3) is 1.56. The Morgan fingerprint density at radius 3 is 2.94 bits per heavy atom. The molecule has 2 aromatic rings. The van der Waals surface area contributed by atoms with Gasteiger partial charge >= 0.3 is 0 Å². The van der Waals surface area contributed by atoms with Crippen LogP contribution in [0.2, 0.25) is 0 Å². The summed E-state index contributed by atoms with van der Waals surface area (Å²) < 4.78 is 5.36. The highest BCUT2D eigenvalue weighted by Gasteiger charge is 2.17. The molecular weight excluding hydrogens is 222 g/mol. The van der Waals surface area contributed by atoms with Gasteiger partial charge in [-0.1, -0.05) is 0 Å². The van der Waals surface area contributed by atoms with Gasteiger partial charge in [0, 0.05) is 13.1 Å². The highest BCUT2D eigenvalue weighted by molar-refractivity contribution is 7.17. The second kappa shape index (κ2) is 3.99. The SMILES string of the molecule is Cc1csc2ncnc(N3CCOCC3)c12. The molecule has 84 valence electrons. The lowest BCUT2D eigenvalue weighted by atomic mass is 10.2. The zero-order valence-electron chi connectivity index (χ0n) is 9.14. The van der Waals surface area contributed by atoms with Crippen molar-refractivity contribution in [2.45, 2.75) is 6.92 Å². The summed E-state index contributed by atoms with van der Waals surface area (Å²) in [5.41, 5.74) is 1.27. The van der Waals surface area contributed by atoms with Crippen LogP contribution >= 0.6 is 11.3 Å². The van der Waals surface area contributed by atoms with Crippen LogP contribution in [0, 0.1) is 6.92 Å². The Bertz CT molecular complexity index is 505. The fraction of sp³-hybridized carbons (Fsp3) is 0.455. The van der Waals surface area contributed by atoms with E-state index in [-0.39, 0.29) is 0 Å². The van der Waals surface area contributed by atoms with Gasteiger partial charge in [-0.05, 0) is 17.9 Å². The van der Waals surface area contributed by atoms with Crippen LogP contribution < -0.4 is 4.90 Å². The molecule has 4 nitrogen and oxygen atoms in total. The van der Waals surface area contributed by atoms with Crippen LogP contribution in [-0.2, 0) is 4.74 Å². The van der Waals surface area contributed by atoms with Crippen molar-refractivity contribution in [3.8, 4) is 0 Å². The van der Waals surface area contributed by atoms with Gasteiger partial charge in [0.25, 0.3) is 0 Å². The van der Waals surface area contributed by atoms with Crippen LogP contribution in [0.3, 0.4) is 0 Å². The molecule has 3 rings (SSSR count). The van der Waals surface area contributed by atoms with Crippen molar-refractivity contribution in [3.63, 3.8) is 0 Å². The molecule has 0 saturated carbocycles. The van der Waals surface area contributed by atoms with Gasteiger partial charge in [0.05, 0.1) is 18.6 Å². The number of aryl methyl sites for hydroxylation is 1. The lowest BCUT2D eigenvalue weighted by Crippen LogP contribution is -2.36. The van der Waals surface area contributed by atoms with E-state index < -0.39 is 0 Å². The van der Waals surface area contributed by atoms with E-state index in [4.69, 9.17) is 4.74 Å². The molecule has 0 N–H and O–H groups in total. The number of hydrogen-bond acceptors (Lipinski definition) is 5. The molecule has 1 fully saturated rings. The topological polar surface area (TPSA) is 38.2 Å². The normalized spacial score (nSPS) is 16.9. The Balaban J connectivity index is 2.10. The number of morpholine rings is 1. The molecule has 0 bridgehead atoms. The summed E-state index contributed by atoms with van der Waals surface area (Å²) in [4.78, 5) is 12.1. The van der Waals surface area contributed by atoms with E-state index in [1.165, 1.54) is 10.9 Å². The lowest BCUT2D eigenvalue weighted by Gasteiger charge is -2.28. The Morgan fingerprint density at radius 1 is 1.31 bits per heavy atom. The number of nitrogens with zero attached hydrogens (tertiary/aromatic N) is 3. The molecular formula is C11H13N3OS. The Kier molecular flexibility index (Phi) is 2.49. The third-order valence-corrected chi connectivity index (χ3v) is 3.85. The van der Waals surface area contributed by atoms with Gasteiger partial charge in [0.15, 0.2) is 0 Å². The van der Waals surface area contributed by atoms with Crippen molar-refractivity contribution in [2.75, 3.05) is 31.2 Å². The summed E-state index contributed by atoms with van der Waals surface area (Å²) in [6.07, 6.45) is 1.66. The number of aromatic nitrogens is 2. The number of anilines is 1. The Hall–Kier alpha value is -1.20. The highest BCUT2D eigenvalue weighted by atomic mass is 32.1. The van der Waals surface area contributed by atoms with Crippen LogP contribution in [0.15, 0.2) is 11.7 Å². The zero-order chi connectivity index (χ0) is 11.0. The largest absolute Gasteiger partial charge is 0.378 e. The molecule has 1 aliphatic heterocycles. The predicted octanol–water partition coefficient (Wildman–Crippen LogP) is 1.84. The van der Waals surface area contributed by atoms with Crippen molar-refractivity contribution in [1.29, 1.82) is 0 Å². The quantitative estimate of drug-likeness (QED) is 0.756. The molecule has 0 radical (unpaired) electrons.